The minimum atomic E-state index is -0.658. The molecule has 164 valence electrons. The number of benzene rings is 1. The van der Waals surface area contributed by atoms with Crippen LogP contribution in [0.1, 0.15) is 25.2 Å². The number of guanidine groups is 1. The molecule has 1 fully saturated rings. The third-order valence-corrected chi connectivity index (χ3v) is 5.66. The van der Waals surface area contributed by atoms with Crippen LogP contribution in [0.5, 0.6) is 5.75 Å². The van der Waals surface area contributed by atoms with E-state index in [2.05, 4.69) is 43.3 Å². The van der Waals surface area contributed by atoms with Crippen LogP contribution in [0, 0.1) is 6.92 Å². The molecule has 0 spiro atoms. The molecule has 1 unspecified atom stereocenters. The Morgan fingerprint density at radius 1 is 1.30 bits per heavy atom. The number of aromatic nitrogens is 2. The van der Waals surface area contributed by atoms with Gasteiger partial charge in [-0.05, 0) is 31.5 Å². The minimum Gasteiger partial charge on any atom is -0.491 e. The van der Waals surface area contributed by atoms with Crippen molar-refractivity contribution in [1.29, 1.82) is 0 Å². The van der Waals surface area contributed by atoms with Crippen LogP contribution in [0.4, 0.5) is 5.13 Å². The van der Waals surface area contributed by atoms with E-state index in [1.54, 1.807) is 0 Å². The van der Waals surface area contributed by atoms with E-state index in [1.807, 2.05) is 31.2 Å². The molecule has 1 aromatic heterocycles. The maximum atomic E-state index is 10.3. The molecule has 0 aliphatic carbocycles. The molecule has 1 atom stereocenters. The van der Waals surface area contributed by atoms with Crippen molar-refractivity contribution >= 4 is 22.6 Å². The third kappa shape index (κ3) is 6.30. The molecule has 3 rings (SSSR count). The SMILES string of the molecule is CCNC(=NCC(O)COc1cccc(C)c1)N1CCN(c2nc(CC)ns2)CC1. The lowest BCUT2D eigenvalue weighted by Gasteiger charge is -2.36. The monoisotopic (exact) mass is 432 g/mol. The van der Waals surface area contributed by atoms with Gasteiger partial charge in [-0.15, -0.1) is 0 Å². The van der Waals surface area contributed by atoms with E-state index < -0.39 is 6.10 Å². The summed E-state index contributed by atoms with van der Waals surface area (Å²) in [5.41, 5.74) is 1.13. The Kier molecular flexibility index (Phi) is 8.27. The van der Waals surface area contributed by atoms with Crippen LogP contribution in [0.25, 0.3) is 0 Å². The first-order valence-corrected chi connectivity index (χ1v) is 11.3. The van der Waals surface area contributed by atoms with Gasteiger partial charge in [0.1, 0.15) is 24.3 Å². The van der Waals surface area contributed by atoms with Gasteiger partial charge < -0.3 is 25.0 Å². The summed E-state index contributed by atoms with van der Waals surface area (Å²) in [7, 11) is 0. The van der Waals surface area contributed by atoms with Crippen LogP contribution in [0.15, 0.2) is 29.3 Å². The fraction of sp³-hybridized carbons (Fsp3) is 0.571. The molecule has 1 aromatic carbocycles. The zero-order valence-corrected chi connectivity index (χ0v) is 18.9. The number of rotatable bonds is 8. The van der Waals surface area contributed by atoms with E-state index >= 15 is 0 Å². The van der Waals surface area contributed by atoms with Crippen LogP contribution in [0.3, 0.4) is 0 Å². The number of hydrogen-bond acceptors (Lipinski definition) is 7. The predicted octanol–water partition coefficient (Wildman–Crippen LogP) is 1.94. The first-order valence-electron chi connectivity index (χ1n) is 10.6. The third-order valence-electron chi connectivity index (χ3n) is 4.84. The predicted molar refractivity (Wildman–Crippen MR) is 122 cm³/mol. The quantitative estimate of drug-likeness (QED) is 0.487. The molecule has 0 bridgehead atoms. The number of anilines is 1. The largest absolute Gasteiger partial charge is 0.491 e. The van der Waals surface area contributed by atoms with Crippen molar-refractivity contribution < 1.29 is 9.84 Å². The highest BCUT2D eigenvalue weighted by molar-refractivity contribution is 7.09. The molecule has 30 heavy (non-hydrogen) atoms. The molecule has 2 heterocycles. The van der Waals surface area contributed by atoms with Crippen LogP contribution >= 0.6 is 11.5 Å². The number of nitrogens with one attached hydrogen (secondary N) is 1. The smallest absolute Gasteiger partial charge is 0.205 e. The molecule has 1 aliphatic rings. The standard InChI is InChI=1S/C21H32N6O2S/c1-4-19-24-21(30-25-19)27-11-9-26(10-12-27)20(22-5-2)23-14-17(28)15-29-18-8-6-7-16(3)13-18/h6-8,13,17,28H,4-5,9-12,14-15H2,1-3H3,(H,22,23). The number of hydrogen-bond donors (Lipinski definition) is 2. The number of piperazine rings is 1. The Balaban J connectivity index is 1.50. The summed E-state index contributed by atoms with van der Waals surface area (Å²) >= 11 is 1.47. The van der Waals surface area contributed by atoms with Crippen molar-refractivity contribution in [3.63, 3.8) is 0 Å². The van der Waals surface area contributed by atoms with Crippen molar-refractivity contribution in [2.45, 2.75) is 33.3 Å². The van der Waals surface area contributed by atoms with Gasteiger partial charge in [0.15, 0.2) is 5.96 Å². The van der Waals surface area contributed by atoms with Gasteiger partial charge in [0.2, 0.25) is 5.13 Å². The number of ether oxygens (including phenoxy) is 1. The first-order chi connectivity index (χ1) is 14.6. The molecular weight excluding hydrogens is 400 g/mol. The number of aliphatic hydroxyl groups is 1. The van der Waals surface area contributed by atoms with Gasteiger partial charge >= 0.3 is 0 Å². The molecule has 9 heteroatoms. The van der Waals surface area contributed by atoms with E-state index in [0.717, 1.165) is 67.4 Å². The fourth-order valence-corrected chi connectivity index (χ4v) is 4.00. The van der Waals surface area contributed by atoms with Crippen molar-refractivity contribution in [2.24, 2.45) is 4.99 Å². The highest BCUT2D eigenvalue weighted by atomic mass is 32.1. The zero-order valence-electron chi connectivity index (χ0n) is 18.0. The Morgan fingerprint density at radius 3 is 2.77 bits per heavy atom. The second kappa shape index (κ2) is 11.1. The molecular formula is C21H32N6O2S. The van der Waals surface area contributed by atoms with Gasteiger partial charge in [-0.3, -0.25) is 4.99 Å². The van der Waals surface area contributed by atoms with E-state index in [1.165, 1.54) is 11.5 Å². The summed E-state index contributed by atoms with van der Waals surface area (Å²) in [5, 5.41) is 14.6. The fourth-order valence-electron chi connectivity index (χ4n) is 3.19. The van der Waals surface area contributed by atoms with E-state index in [4.69, 9.17) is 4.74 Å². The van der Waals surface area contributed by atoms with Gasteiger partial charge in [-0.2, -0.15) is 4.37 Å². The number of aliphatic hydroxyl groups excluding tert-OH is 1. The lowest BCUT2D eigenvalue weighted by Crippen LogP contribution is -2.52. The molecule has 0 saturated carbocycles. The maximum Gasteiger partial charge on any atom is 0.205 e. The van der Waals surface area contributed by atoms with Gasteiger partial charge in [-0.1, -0.05) is 19.1 Å². The van der Waals surface area contributed by atoms with Gasteiger partial charge in [-0.25, -0.2) is 4.98 Å². The Labute approximate surface area is 182 Å². The second-order valence-electron chi connectivity index (χ2n) is 7.30. The summed E-state index contributed by atoms with van der Waals surface area (Å²) < 4.78 is 10.1. The average Bonchev–Trinajstić information content (AvgIpc) is 3.25. The topological polar surface area (TPSA) is 86.1 Å². The summed E-state index contributed by atoms with van der Waals surface area (Å²) in [5.74, 6) is 2.51. The number of aliphatic imine (C=N–C) groups is 1. The number of aryl methyl sites for hydroxylation is 2. The highest BCUT2D eigenvalue weighted by Gasteiger charge is 2.22. The Hall–Kier alpha value is -2.39. The summed E-state index contributed by atoms with van der Waals surface area (Å²) in [4.78, 5) is 13.7. The van der Waals surface area contributed by atoms with Crippen LogP contribution in [0.2, 0.25) is 0 Å². The van der Waals surface area contributed by atoms with E-state index in [9.17, 15) is 5.11 Å². The first kappa shape index (κ1) is 22.3. The molecule has 0 radical (unpaired) electrons. The minimum absolute atomic E-state index is 0.219. The molecule has 1 saturated heterocycles. The summed E-state index contributed by atoms with van der Waals surface area (Å²) in [6.45, 7) is 10.9. The number of nitrogens with zero attached hydrogens (tertiary/aromatic N) is 5. The van der Waals surface area contributed by atoms with Crippen molar-refractivity contribution in [3.8, 4) is 5.75 Å². The molecule has 2 aromatic rings. The van der Waals surface area contributed by atoms with Crippen LogP contribution in [-0.4, -0.2) is 77.3 Å². The molecule has 1 aliphatic heterocycles. The van der Waals surface area contributed by atoms with Crippen LogP contribution in [-0.2, 0) is 6.42 Å². The highest BCUT2D eigenvalue weighted by Crippen LogP contribution is 2.19. The summed E-state index contributed by atoms with van der Waals surface area (Å²) in [6, 6.07) is 7.82. The maximum absolute atomic E-state index is 10.3. The Morgan fingerprint density at radius 2 is 2.10 bits per heavy atom. The molecule has 2 N–H and O–H groups in total. The average molecular weight is 433 g/mol. The van der Waals surface area contributed by atoms with Crippen molar-refractivity contribution in [2.75, 3.05) is 50.8 Å². The van der Waals surface area contributed by atoms with Gasteiger partial charge in [0.05, 0.1) is 6.54 Å². The van der Waals surface area contributed by atoms with Crippen LogP contribution < -0.4 is 15.0 Å². The zero-order chi connectivity index (χ0) is 21.3. The molecule has 8 nitrogen and oxygen atoms in total. The van der Waals surface area contributed by atoms with Gasteiger partial charge in [0, 0.05) is 50.7 Å². The molecule has 0 amide bonds. The Bertz CT molecular complexity index is 819. The second-order valence-corrected chi connectivity index (χ2v) is 8.03. The summed E-state index contributed by atoms with van der Waals surface area (Å²) in [6.07, 6.45) is 0.207. The van der Waals surface area contributed by atoms with Gasteiger partial charge in [0.25, 0.3) is 0 Å². The lowest BCUT2D eigenvalue weighted by atomic mass is 10.2. The van der Waals surface area contributed by atoms with Crippen molar-refractivity contribution in [3.05, 3.63) is 35.7 Å². The van der Waals surface area contributed by atoms with Crippen molar-refractivity contribution in [1.82, 2.24) is 19.6 Å². The van der Waals surface area contributed by atoms with E-state index in [0.29, 0.717) is 6.54 Å². The van der Waals surface area contributed by atoms with E-state index in [-0.39, 0.29) is 6.61 Å². The lowest BCUT2D eigenvalue weighted by molar-refractivity contribution is 0.114. The normalized spacial score (nSPS) is 15.9.